The van der Waals surface area contributed by atoms with Gasteiger partial charge in [0.2, 0.25) is 11.8 Å². The van der Waals surface area contributed by atoms with Crippen LogP contribution in [0.2, 0.25) is 61.7 Å². The second-order valence-corrected chi connectivity index (χ2v) is 46.0. The fourth-order valence-electron chi connectivity index (χ4n) is 11.0. The van der Waals surface area contributed by atoms with Gasteiger partial charge in [0.25, 0.3) is 0 Å². The zero-order valence-electron chi connectivity index (χ0n) is 60.4. The topological polar surface area (TPSA) is 230 Å². The summed E-state index contributed by atoms with van der Waals surface area (Å²) < 4.78 is 94.7. The Morgan fingerprint density at radius 3 is 1.42 bits per heavy atom. The van der Waals surface area contributed by atoms with Crippen LogP contribution in [0.5, 0.6) is 0 Å². The lowest BCUT2D eigenvalue weighted by atomic mass is 9.75. The van der Waals surface area contributed by atoms with Crippen LogP contribution in [0, 0.1) is 23.5 Å². The molecule has 20 nitrogen and oxygen atoms in total. The number of amidine groups is 2. The van der Waals surface area contributed by atoms with Gasteiger partial charge >= 0.3 is 19.3 Å². The van der Waals surface area contributed by atoms with Crippen molar-refractivity contribution in [1.82, 2.24) is 40.4 Å². The molecule has 32 heteroatoms. The summed E-state index contributed by atoms with van der Waals surface area (Å²) in [6.45, 7) is 36.1. The highest BCUT2D eigenvalue weighted by Crippen LogP contribution is 2.68. The van der Waals surface area contributed by atoms with E-state index in [4.69, 9.17) is 61.4 Å². The minimum Gasteiger partial charge on any atom is -0.443 e. The third-order valence-electron chi connectivity index (χ3n) is 17.4. The van der Waals surface area contributed by atoms with Gasteiger partial charge < -0.3 is 38.9 Å². The summed E-state index contributed by atoms with van der Waals surface area (Å²) in [6.07, 6.45) is 5.73. The van der Waals surface area contributed by atoms with Crippen molar-refractivity contribution in [1.29, 1.82) is 0 Å². The smallest absolute Gasteiger partial charge is 0.443 e. The minimum atomic E-state index is -1.42. The minimum absolute atomic E-state index is 0.0335. The van der Waals surface area contributed by atoms with Gasteiger partial charge in [-0.05, 0) is 166 Å². The molecular weight excluding hydrogens is 1520 g/mol. The molecule has 0 spiro atoms. The summed E-state index contributed by atoms with van der Waals surface area (Å²) in [5.74, 6) is -3.33. The van der Waals surface area contributed by atoms with Gasteiger partial charge in [-0.3, -0.25) is 19.6 Å². The molecule has 5 aliphatic rings. The number of benzene rings is 2. The number of hydrogen-bond acceptors (Lipinski definition) is 18. The van der Waals surface area contributed by atoms with E-state index in [1.165, 1.54) is 87.8 Å². The Kier molecular flexibility index (Phi) is 26.1. The summed E-state index contributed by atoms with van der Waals surface area (Å²) >= 11 is 15.4. The molecule has 4 amide bonds. The van der Waals surface area contributed by atoms with Gasteiger partial charge in [0, 0.05) is 70.5 Å². The Labute approximate surface area is 619 Å². The molecule has 5 heterocycles. The monoisotopic (exact) mass is 1610 g/mol. The van der Waals surface area contributed by atoms with Crippen LogP contribution in [0.3, 0.4) is 0 Å². The molecule has 2 aliphatic carbocycles. The average Bonchev–Trinajstić information content (AvgIpc) is 1.53. The third-order valence-corrected chi connectivity index (χ3v) is 24.8. The van der Waals surface area contributed by atoms with Crippen molar-refractivity contribution >= 4 is 150 Å². The van der Waals surface area contributed by atoms with Crippen LogP contribution in [0.15, 0.2) is 75.3 Å². The van der Waals surface area contributed by atoms with Gasteiger partial charge in [-0.1, -0.05) is 104 Å². The second kappa shape index (κ2) is 31.7. The summed E-state index contributed by atoms with van der Waals surface area (Å²) in [6, 6.07) is 10.7. The molecule has 546 valence electrons. The molecule has 2 saturated carbocycles. The van der Waals surface area contributed by atoms with Crippen molar-refractivity contribution in [3.8, 4) is 0 Å². The summed E-state index contributed by atoms with van der Waals surface area (Å²) in [4.78, 5) is 81.7. The van der Waals surface area contributed by atoms with E-state index in [2.05, 4.69) is 69.9 Å². The SMILES string of the molecule is CNC(=O)[C@]12C[C@H]1[C@@](C)(c1cc(/C=C(\F)c3cnc(Cl)cn3)ccc1F)N=C(N(COCC[Si](C)(C)C)C(=O)OC(C)(C)C)S2.CNC(=O)[C@]12C[C@H]1[C@@](C)(c1cc(B3OC(C)(C)C(C)(C)O3)ccc1F)N=C(N(COCC[Si](C)(C)C)C(=O)OC(C)(C)C)S2.F/C(=C\I)c1cnc(Cl)cn1. The normalized spacial score (nSPS) is 23.7. The maximum atomic E-state index is 15.9. The van der Waals surface area contributed by atoms with Gasteiger partial charge in [0.1, 0.15) is 67.5 Å². The van der Waals surface area contributed by atoms with Gasteiger partial charge in [-0.25, -0.2) is 56.9 Å². The van der Waals surface area contributed by atoms with E-state index in [1.54, 1.807) is 90.2 Å². The molecule has 2 N–H and O–H groups in total. The lowest BCUT2D eigenvalue weighted by molar-refractivity contribution is -0.122. The van der Waals surface area contributed by atoms with Crippen molar-refractivity contribution in [2.75, 3.05) is 40.8 Å². The summed E-state index contributed by atoms with van der Waals surface area (Å²) in [7, 11) is -0.391. The molecule has 4 aromatic rings. The average molecular weight is 1610 g/mol. The highest BCUT2D eigenvalue weighted by Gasteiger charge is 2.73. The van der Waals surface area contributed by atoms with E-state index < -0.39 is 108 Å². The van der Waals surface area contributed by atoms with Gasteiger partial charge in [-0.15, -0.1) is 0 Å². The van der Waals surface area contributed by atoms with E-state index in [0.29, 0.717) is 42.6 Å². The Hall–Kier alpha value is -5.03. The van der Waals surface area contributed by atoms with Crippen molar-refractivity contribution in [2.24, 2.45) is 21.8 Å². The van der Waals surface area contributed by atoms with Gasteiger partial charge in [-0.2, -0.15) is 0 Å². The molecule has 9 rings (SSSR count). The van der Waals surface area contributed by atoms with Crippen LogP contribution in [0.4, 0.5) is 27.2 Å². The molecule has 2 aromatic heterocycles. The standard InChI is InChI=1S/C31H49BFN3O6SSi.C31H40ClF2N5O4SSi.C6H3ClFIN2/c1-27(2,3)40-26(38)36(19-39-15-16-44(10,11)12)25-35-30(8,23-18-31(23,43-25)24(37)34-9)21-17-20(13-14-22(21)33)32-41-28(4,5)29(6,7)42-32;1-29(2,3)43-28(41)39(18-42-11-12-45(6,7)8)27-38-30(4,24-15-31(24,44-27)26(40)35-5)20-13-19(9-10-21(20)33)14-22(34)23-16-37-25(32)17-36-23;7-6-3-10-5(2-11-6)4(8)1-9/h13-14,17,23H,15-16,18-19H2,1-12H3,(H,34,37);9-10,13-14,16-17,24H,11-12,15,18H2,1-8H3,(H,35,40);1-3H/b;22-14-;4-1-/t23-,30+,31-;24-,30+,31-;/m00./s1. The van der Waals surface area contributed by atoms with Gasteiger partial charge in [0.15, 0.2) is 22.0 Å². The summed E-state index contributed by atoms with van der Waals surface area (Å²) in [5, 5.41) is 6.33. The Morgan fingerprint density at radius 1 is 0.650 bits per heavy atom. The van der Waals surface area contributed by atoms with Crippen LogP contribution in [0.1, 0.15) is 124 Å². The third kappa shape index (κ3) is 20.1. The number of nitrogens with zero attached hydrogens (tertiary/aromatic N) is 8. The van der Waals surface area contributed by atoms with Gasteiger partial charge in [0.05, 0.1) is 47.1 Å². The molecule has 3 aliphatic heterocycles. The predicted octanol–water partition coefficient (Wildman–Crippen LogP) is 15.4. The van der Waals surface area contributed by atoms with Crippen LogP contribution >= 0.6 is 69.3 Å². The molecule has 0 unspecified atom stereocenters. The Balaban J connectivity index is 0.000000243. The van der Waals surface area contributed by atoms with E-state index in [-0.39, 0.29) is 68.8 Å². The lowest BCUT2D eigenvalue weighted by Crippen LogP contribution is -2.48. The van der Waals surface area contributed by atoms with Crippen molar-refractivity contribution in [3.05, 3.63) is 115 Å². The zero-order chi connectivity index (χ0) is 74.7. The fraction of sp³-hybridized carbons (Fsp3) is 0.559. The van der Waals surface area contributed by atoms with Crippen molar-refractivity contribution in [3.63, 3.8) is 0 Å². The number of halogens is 7. The zero-order valence-corrected chi connectivity index (χ0v) is 67.7. The highest BCUT2D eigenvalue weighted by atomic mass is 127. The number of fused-ring (bicyclic) bond motifs is 2. The number of thioether (sulfide) groups is 2. The van der Waals surface area contributed by atoms with E-state index >= 15 is 13.2 Å². The van der Waals surface area contributed by atoms with Crippen molar-refractivity contribution in [2.45, 2.75) is 190 Å². The fourth-order valence-corrected chi connectivity index (χ4v) is 16.2. The number of carbonyl (C=O) groups is 4. The predicted molar refractivity (Wildman–Crippen MR) is 403 cm³/mol. The Morgan fingerprint density at radius 2 is 1.05 bits per heavy atom. The number of rotatable bonds is 18. The molecular formula is C68H92BCl2F4IN10O10S2Si2. The molecule has 2 aromatic carbocycles. The Bertz CT molecular complexity index is 3800. The maximum Gasteiger partial charge on any atom is 0.494 e. The molecule has 100 heavy (non-hydrogen) atoms. The number of aliphatic imine (C=N–C) groups is 2. The molecule has 6 atom stereocenters. The molecule has 3 fully saturated rings. The number of ether oxygens (including phenoxy) is 4. The first-order chi connectivity index (χ1) is 46.2. The molecule has 0 radical (unpaired) electrons. The van der Waals surface area contributed by atoms with Crippen LogP contribution in [-0.4, -0.2) is 160 Å². The van der Waals surface area contributed by atoms with E-state index in [9.17, 15) is 23.6 Å². The number of aromatic nitrogens is 4. The number of nitrogens with one attached hydrogen (secondary N) is 2. The first-order valence-corrected chi connectivity index (χ1v) is 43.7. The second-order valence-electron chi connectivity index (χ2n) is 30.7. The van der Waals surface area contributed by atoms with E-state index in [1.807, 2.05) is 34.6 Å². The quantitative estimate of drug-likeness (QED) is 0.0310. The van der Waals surface area contributed by atoms with Crippen LogP contribution < -0.4 is 16.1 Å². The number of amides is 4. The van der Waals surface area contributed by atoms with Crippen molar-refractivity contribution < 1.29 is 65.0 Å². The number of carbonyl (C=O) groups excluding carboxylic acids is 4. The molecule has 0 bridgehead atoms. The largest absolute Gasteiger partial charge is 0.494 e. The lowest BCUT2D eigenvalue weighted by Gasteiger charge is -2.37. The highest BCUT2D eigenvalue weighted by molar-refractivity contribution is 14.1. The van der Waals surface area contributed by atoms with Crippen LogP contribution in [0.25, 0.3) is 17.7 Å². The molecule has 1 saturated heterocycles. The first kappa shape index (κ1) is 82.3. The number of hydrogen-bond donors (Lipinski definition) is 2. The van der Waals surface area contributed by atoms with Crippen LogP contribution in [-0.2, 0) is 48.9 Å². The first-order valence-electron chi connectivity index (χ1n) is 32.6. The maximum absolute atomic E-state index is 15.9. The summed E-state index contributed by atoms with van der Waals surface area (Å²) in [5.41, 5.74) is -3.59. The van der Waals surface area contributed by atoms with E-state index in [0.717, 1.165) is 23.9 Å².